The van der Waals surface area contributed by atoms with Crippen LogP contribution in [-0.2, 0) is 5.54 Å². The van der Waals surface area contributed by atoms with Crippen LogP contribution in [0.15, 0.2) is 58.8 Å². The second-order valence-corrected chi connectivity index (χ2v) is 9.36. The number of allylic oxidation sites excluding steroid dienone is 1. The van der Waals surface area contributed by atoms with Crippen molar-refractivity contribution in [1.82, 2.24) is 9.47 Å². The standard InChI is InChI=1S/C25H28FN7O/c1-25(2)14-16(15-31-10-12-32(13-11-31)18-8-6-17(26)7-9-18)19-4-3-5-20-21(29-30-24(27)28)23(34)33(25)22(19)20/h3-9,14,34H,10-13,15H2,1-2H3,(H3,27,28). The van der Waals surface area contributed by atoms with Crippen molar-refractivity contribution in [2.24, 2.45) is 16.0 Å². The number of aromatic nitrogens is 1. The summed E-state index contributed by atoms with van der Waals surface area (Å²) in [5.41, 5.74) is 9.40. The Kier molecular flexibility index (Phi) is 5.36. The van der Waals surface area contributed by atoms with E-state index in [-0.39, 0.29) is 11.7 Å². The van der Waals surface area contributed by atoms with Crippen LogP contribution in [-0.4, -0.2) is 53.3 Å². The van der Waals surface area contributed by atoms with Crippen LogP contribution in [0, 0.1) is 11.2 Å². The molecule has 0 spiro atoms. The number of guanidine groups is 1. The highest BCUT2D eigenvalue weighted by atomic mass is 19.1. The molecule has 2 aromatic carbocycles. The van der Waals surface area contributed by atoms with E-state index < -0.39 is 11.5 Å². The number of aromatic hydroxyl groups is 1. The normalized spacial score (nSPS) is 18.0. The van der Waals surface area contributed by atoms with Crippen LogP contribution in [0.25, 0.3) is 16.5 Å². The third-order valence-electron chi connectivity index (χ3n) is 6.60. The number of piperazine rings is 1. The average molecular weight is 462 g/mol. The molecule has 0 radical (unpaired) electrons. The molecule has 9 heteroatoms. The number of azo groups is 1. The van der Waals surface area contributed by atoms with Crippen LogP contribution in [0.4, 0.5) is 15.8 Å². The van der Waals surface area contributed by atoms with Crippen molar-refractivity contribution in [2.75, 3.05) is 37.6 Å². The zero-order chi connectivity index (χ0) is 24.0. The lowest BCUT2D eigenvalue weighted by molar-refractivity contribution is 0.286. The van der Waals surface area contributed by atoms with E-state index >= 15 is 0 Å². The van der Waals surface area contributed by atoms with Gasteiger partial charge in [0.15, 0.2) is 5.69 Å². The molecule has 0 bridgehead atoms. The zero-order valence-electron chi connectivity index (χ0n) is 19.3. The predicted molar refractivity (Wildman–Crippen MR) is 132 cm³/mol. The van der Waals surface area contributed by atoms with Gasteiger partial charge in [0.05, 0.1) is 11.1 Å². The minimum Gasteiger partial charge on any atom is -0.493 e. The third-order valence-corrected chi connectivity index (χ3v) is 6.60. The molecule has 2 aliphatic rings. The lowest BCUT2D eigenvalue weighted by Crippen LogP contribution is -2.47. The van der Waals surface area contributed by atoms with E-state index in [0.717, 1.165) is 54.9 Å². The fraction of sp³-hybridized carbons (Fsp3) is 0.320. The Morgan fingerprint density at radius 2 is 1.82 bits per heavy atom. The molecule has 0 aliphatic carbocycles. The molecule has 0 amide bonds. The maximum Gasteiger partial charge on any atom is 0.232 e. The number of hydrogen-bond acceptors (Lipinski definition) is 5. The zero-order valence-corrected chi connectivity index (χ0v) is 19.3. The van der Waals surface area contributed by atoms with Crippen LogP contribution in [0.5, 0.6) is 5.88 Å². The van der Waals surface area contributed by atoms with E-state index in [0.29, 0.717) is 5.69 Å². The van der Waals surface area contributed by atoms with Crippen LogP contribution in [0.3, 0.4) is 0 Å². The van der Waals surface area contributed by atoms with Crippen molar-refractivity contribution >= 4 is 33.8 Å². The fourth-order valence-electron chi connectivity index (χ4n) is 5.09. The van der Waals surface area contributed by atoms with Crippen molar-refractivity contribution in [3.8, 4) is 5.88 Å². The number of nitrogens with two attached hydrogens (primary N) is 1. The van der Waals surface area contributed by atoms with Gasteiger partial charge in [0.2, 0.25) is 11.8 Å². The van der Waals surface area contributed by atoms with Crippen molar-refractivity contribution < 1.29 is 9.50 Å². The van der Waals surface area contributed by atoms with Crippen LogP contribution in [0.2, 0.25) is 0 Å². The molecular formula is C25H28FN7O. The predicted octanol–water partition coefficient (Wildman–Crippen LogP) is 4.42. The molecule has 1 saturated heterocycles. The molecular weight excluding hydrogens is 433 g/mol. The largest absolute Gasteiger partial charge is 0.493 e. The maximum atomic E-state index is 13.3. The minimum absolute atomic E-state index is 0.0145. The molecule has 5 rings (SSSR count). The van der Waals surface area contributed by atoms with Gasteiger partial charge < -0.3 is 20.3 Å². The molecule has 0 atom stereocenters. The van der Waals surface area contributed by atoms with Crippen molar-refractivity contribution in [2.45, 2.75) is 19.4 Å². The van der Waals surface area contributed by atoms with Gasteiger partial charge in [0.1, 0.15) is 5.82 Å². The Balaban J connectivity index is 1.42. The summed E-state index contributed by atoms with van der Waals surface area (Å²) in [7, 11) is 0. The lowest BCUT2D eigenvalue weighted by atomic mass is 9.90. The molecule has 0 unspecified atom stereocenters. The van der Waals surface area contributed by atoms with E-state index in [1.54, 1.807) is 0 Å². The van der Waals surface area contributed by atoms with Crippen molar-refractivity contribution in [3.05, 3.63) is 59.9 Å². The van der Waals surface area contributed by atoms with E-state index in [2.05, 4.69) is 46.0 Å². The summed E-state index contributed by atoms with van der Waals surface area (Å²) >= 11 is 0. The average Bonchev–Trinajstić information content (AvgIpc) is 3.09. The maximum absolute atomic E-state index is 13.3. The smallest absolute Gasteiger partial charge is 0.232 e. The fourth-order valence-corrected chi connectivity index (χ4v) is 5.09. The van der Waals surface area contributed by atoms with Gasteiger partial charge in [-0.3, -0.25) is 10.3 Å². The second kappa shape index (κ2) is 8.25. The first-order valence-electron chi connectivity index (χ1n) is 11.3. The number of benzene rings is 2. The van der Waals surface area contributed by atoms with E-state index in [4.69, 9.17) is 11.1 Å². The van der Waals surface area contributed by atoms with Crippen molar-refractivity contribution in [3.63, 3.8) is 0 Å². The quantitative estimate of drug-likeness (QED) is 0.304. The summed E-state index contributed by atoms with van der Waals surface area (Å²) in [6.07, 6.45) is 2.20. The number of nitrogens with zero attached hydrogens (tertiary/aromatic N) is 5. The summed E-state index contributed by atoms with van der Waals surface area (Å²) in [6.45, 7) is 8.44. The Morgan fingerprint density at radius 1 is 1.12 bits per heavy atom. The Morgan fingerprint density at radius 3 is 2.50 bits per heavy atom. The van der Waals surface area contributed by atoms with E-state index in [1.165, 1.54) is 17.7 Å². The first-order valence-corrected chi connectivity index (χ1v) is 11.3. The van der Waals surface area contributed by atoms with Crippen LogP contribution < -0.4 is 10.6 Å². The number of anilines is 1. The molecule has 3 heterocycles. The van der Waals surface area contributed by atoms with Gasteiger partial charge in [0.25, 0.3) is 0 Å². The SMILES string of the molecule is CC1(C)C=C(CN2CCN(c3ccc(F)cc3)CC2)c2cccc3c(N=NC(=N)N)c(O)n1c23. The minimum atomic E-state index is -0.480. The van der Waals surface area contributed by atoms with E-state index in [1.807, 2.05) is 28.8 Å². The summed E-state index contributed by atoms with van der Waals surface area (Å²) in [6, 6.07) is 12.6. The van der Waals surface area contributed by atoms with E-state index in [9.17, 15) is 9.50 Å². The molecule has 2 aliphatic heterocycles. The summed E-state index contributed by atoms with van der Waals surface area (Å²) in [5.74, 6) is -0.616. The third kappa shape index (κ3) is 3.81. The number of nitrogens with one attached hydrogen (secondary N) is 1. The Hall–Kier alpha value is -3.72. The highest BCUT2D eigenvalue weighted by Crippen LogP contribution is 2.48. The highest BCUT2D eigenvalue weighted by molar-refractivity contribution is 6.03. The number of para-hydroxylation sites is 1. The molecule has 8 nitrogen and oxygen atoms in total. The van der Waals surface area contributed by atoms with Gasteiger partial charge in [0, 0.05) is 49.4 Å². The van der Waals surface area contributed by atoms with Gasteiger partial charge in [-0.05, 0) is 43.7 Å². The first-order chi connectivity index (χ1) is 16.2. The topological polar surface area (TPSA) is 106 Å². The summed E-state index contributed by atoms with van der Waals surface area (Å²) < 4.78 is 15.1. The summed E-state index contributed by atoms with van der Waals surface area (Å²) in [5, 5.41) is 26.9. The molecule has 176 valence electrons. The number of rotatable bonds is 4. The molecule has 1 fully saturated rings. The van der Waals surface area contributed by atoms with Gasteiger partial charge in [-0.25, -0.2) is 4.39 Å². The number of hydrogen-bond donors (Lipinski definition) is 3. The molecule has 34 heavy (non-hydrogen) atoms. The first kappa shape index (κ1) is 22.1. The van der Waals surface area contributed by atoms with Gasteiger partial charge in [-0.15, -0.1) is 10.2 Å². The van der Waals surface area contributed by atoms with Crippen LogP contribution >= 0.6 is 0 Å². The monoisotopic (exact) mass is 461 g/mol. The van der Waals surface area contributed by atoms with Gasteiger partial charge in [-0.2, -0.15) is 0 Å². The lowest BCUT2D eigenvalue weighted by Gasteiger charge is -2.38. The molecule has 0 saturated carbocycles. The summed E-state index contributed by atoms with van der Waals surface area (Å²) in [4.78, 5) is 4.71. The highest BCUT2D eigenvalue weighted by Gasteiger charge is 2.33. The van der Waals surface area contributed by atoms with Gasteiger partial charge >= 0.3 is 0 Å². The Bertz CT molecular complexity index is 1320. The molecule has 1 aromatic heterocycles. The van der Waals surface area contributed by atoms with Crippen molar-refractivity contribution in [1.29, 1.82) is 5.41 Å². The number of halogens is 1. The molecule has 3 aromatic rings. The van der Waals surface area contributed by atoms with Gasteiger partial charge in [-0.1, -0.05) is 24.3 Å². The van der Waals surface area contributed by atoms with Crippen LogP contribution in [0.1, 0.15) is 19.4 Å². The second-order valence-electron chi connectivity index (χ2n) is 9.36. The molecule has 4 N–H and O–H groups in total. The Labute approximate surface area is 197 Å².